The number of hydrogen-bond acceptors (Lipinski definition) is 6. The molecule has 4 rings (SSSR count). The molecule has 2 aliphatic rings. The molecule has 2 saturated heterocycles. The molecule has 0 radical (unpaired) electrons. The van der Waals surface area contributed by atoms with Gasteiger partial charge in [-0.2, -0.15) is 0 Å². The van der Waals surface area contributed by atoms with E-state index in [1.807, 2.05) is 30.3 Å². The van der Waals surface area contributed by atoms with Gasteiger partial charge in [-0.15, -0.1) is 0 Å². The molecule has 0 spiro atoms. The van der Waals surface area contributed by atoms with E-state index >= 15 is 0 Å². The lowest BCUT2D eigenvalue weighted by molar-refractivity contribution is -0.120. The van der Waals surface area contributed by atoms with Crippen LogP contribution < -0.4 is 20.4 Å². The van der Waals surface area contributed by atoms with Crippen LogP contribution in [-0.2, 0) is 19.1 Å². The largest absolute Gasteiger partial charge is 0.378 e. The van der Waals surface area contributed by atoms with Crippen LogP contribution in [0.5, 0.6) is 0 Å². The second kappa shape index (κ2) is 11.6. The fourth-order valence-corrected chi connectivity index (χ4v) is 4.61. The number of carbonyl (C=O) groups is 2. The Balaban J connectivity index is 1.55. The van der Waals surface area contributed by atoms with Crippen molar-refractivity contribution in [3.63, 3.8) is 0 Å². The average Bonchev–Trinajstić information content (AvgIpc) is 2.85. The Morgan fingerprint density at radius 3 is 2.26 bits per heavy atom. The number of nitrogens with one attached hydrogen (secondary N) is 2. The van der Waals surface area contributed by atoms with Gasteiger partial charge in [0.05, 0.1) is 50.3 Å². The molecule has 9 heteroatoms. The van der Waals surface area contributed by atoms with Crippen LogP contribution in [0.25, 0.3) is 0 Å². The number of carbonyl (C=O) groups excluding carboxylic acids is 2. The molecule has 2 aliphatic heterocycles. The summed E-state index contributed by atoms with van der Waals surface area (Å²) in [5.41, 5.74) is 3.53. The summed E-state index contributed by atoms with van der Waals surface area (Å²) in [6.07, 6.45) is 0.0665. The number of benzene rings is 2. The number of anilines is 3. The number of amides is 2. The monoisotopic (exact) mass is 486 g/mol. The Morgan fingerprint density at radius 1 is 0.971 bits per heavy atom. The quantitative estimate of drug-likeness (QED) is 0.625. The van der Waals surface area contributed by atoms with Crippen LogP contribution in [0.2, 0.25) is 5.02 Å². The molecule has 1 atom stereocenters. The van der Waals surface area contributed by atoms with E-state index in [2.05, 4.69) is 26.5 Å². The van der Waals surface area contributed by atoms with Crippen LogP contribution in [0.15, 0.2) is 42.5 Å². The highest BCUT2D eigenvalue weighted by Crippen LogP contribution is 2.33. The minimum atomic E-state index is -0.523. The van der Waals surface area contributed by atoms with Gasteiger partial charge in [-0.1, -0.05) is 29.8 Å². The summed E-state index contributed by atoms with van der Waals surface area (Å²) in [6.45, 7) is 7.32. The molecule has 2 N–H and O–H groups in total. The summed E-state index contributed by atoms with van der Waals surface area (Å²) in [7, 11) is 0. The van der Waals surface area contributed by atoms with Gasteiger partial charge in [0.25, 0.3) is 0 Å². The number of halogens is 1. The first-order valence-corrected chi connectivity index (χ1v) is 12.0. The second-order valence-corrected chi connectivity index (χ2v) is 8.83. The Kier molecular flexibility index (Phi) is 8.26. The number of hydrogen-bond donors (Lipinski definition) is 2. The van der Waals surface area contributed by atoms with E-state index in [9.17, 15) is 9.59 Å². The van der Waals surface area contributed by atoms with Gasteiger partial charge in [-0.25, -0.2) is 0 Å². The second-order valence-electron chi connectivity index (χ2n) is 8.43. The van der Waals surface area contributed by atoms with Crippen molar-refractivity contribution in [3.8, 4) is 0 Å². The standard InChI is InChI=1S/C25H31ClN4O4/c1-18(31)27-23(20-4-2-3-5-21(20)26)17-25(32)28-22-7-6-19(29-8-12-33-13-9-29)16-24(22)30-10-14-34-15-11-30/h2-7,16,23H,8-15,17H2,1H3,(H,27,31)(H,28,32)/t23-/m1/s1. The van der Waals surface area contributed by atoms with E-state index in [4.69, 9.17) is 21.1 Å². The van der Waals surface area contributed by atoms with Gasteiger partial charge in [0.1, 0.15) is 0 Å². The molecule has 2 heterocycles. The summed E-state index contributed by atoms with van der Waals surface area (Å²) in [5.74, 6) is -0.422. The lowest BCUT2D eigenvalue weighted by Crippen LogP contribution is -2.38. The molecule has 2 fully saturated rings. The van der Waals surface area contributed by atoms with Crippen molar-refractivity contribution in [2.75, 3.05) is 67.7 Å². The summed E-state index contributed by atoms with van der Waals surface area (Å²) < 4.78 is 11.0. The van der Waals surface area contributed by atoms with Gasteiger partial charge in [0, 0.05) is 43.8 Å². The fraction of sp³-hybridized carbons (Fsp3) is 0.440. The van der Waals surface area contributed by atoms with E-state index in [0.29, 0.717) is 37.0 Å². The molecule has 2 amide bonds. The third kappa shape index (κ3) is 6.20. The highest BCUT2D eigenvalue weighted by Gasteiger charge is 2.23. The van der Waals surface area contributed by atoms with E-state index < -0.39 is 6.04 Å². The van der Waals surface area contributed by atoms with Crippen LogP contribution in [0.3, 0.4) is 0 Å². The maximum Gasteiger partial charge on any atom is 0.226 e. The molecular formula is C25H31ClN4O4. The summed E-state index contributed by atoms with van der Waals surface area (Å²) in [4.78, 5) is 29.5. The topological polar surface area (TPSA) is 83.1 Å². The maximum atomic E-state index is 13.1. The van der Waals surface area contributed by atoms with Crippen molar-refractivity contribution in [3.05, 3.63) is 53.1 Å². The van der Waals surface area contributed by atoms with Gasteiger partial charge in [-0.3, -0.25) is 9.59 Å². The number of ether oxygens (including phenoxy) is 2. The molecule has 182 valence electrons. The Labute approximate surface area is 205 Å². The summed E-state index contributed by atoms with van der Waals surface area (Å²) >= 11 is 6.35. The van der Waals surface area contributed by atoms with Crippen molar-refractivity contribution >= 4 is 40.5 Å². The zero-order valence-corrected chi connectivity index (χ0v) is 20.1. The van der Waals surface area contributed by atoms with E-state index in [1.165, 1.54) is 6.92 Å². The molecule has 0 unspecified atom stereocenters. The lowest BCUT2D eigenvalue weighted by atomic mass is 10.0. The first-order valence-electron chi connectivity index (χ1n) is 11.6. The van der Waals surface area contributed by atoms with Crippen molar-refractivity contribution in [1.29, 1.82) is 0 Å². The first-order chi connectivity index (χ1) is 16.5. The SMILES string of the molecule is CC(=O)N[C@H](CC(=O)Nc1ccc(N2CCOCC2)cc1N1CCOCC1)c1ccccc1Cl. The molecule has 2 aromatic carbocycles. The lowest BCUT2D eigenvalue weighted by Gasteiger charge is -2.33. The minimum absolute atomic E-state index is 0.0665. The van der Waals surface area contributed by atoms with Gasteiger partial charge in [0.2, 0.25) is 11.8 Å². The highest BCUT2D eigenvalue weighted by molar-refractivity contribution is 6.31. The zero-order chi connectivity index (χ0) is 23.9. The molecular weight excluding hydrogens is 456 g/mol. The van der Waals surface area contributed by atoms with Crippen molar-refractivity contribution in [2.24, 2.45) is 0 Å². The fourth-order valence-electron chi connectivity index (χ4n) is 4.34. The summed E-state index contributed by atoms with van der Waals surface area (Å²) in [6, 6.07) is 12.8. The van der Waals surface area contributed by atoms with Gasteiger partial charge < -0.3 is 29.9 Å². The normalized spacial score (nSPS) is 17.2. The molecule has 2 aromatic rings. The average molecular weight is 487 g/mol. The van der Waals surface area contributed by atoms with Crippen molar-refractivity contribution in [2.45, 2.75) is 19.4 Å². The van der Waals surface area contributed by atoms with Crippen LogP contribution in [-0.4, -0.2) is 64.4 Å². The van der Waals surface area contributed by atoms with E-state index in [0.717, 1.165) is 43.2 Å². The molecule has 0 aromatic heterocycles. The molecule has 0 bridgehead atoms. The van der Waals surface area contributed by atoms with Crippen molar-refractivity contribution in [1.82, 2.24) is 5.32 Å². The smallest absolute Gasteiger partial charge is 0.226 e. The maximum absolute atomic E-state index is 13.1. The number of rotatable bonds is 7. The Bertz CT molecular complexity index is 1010. The van der Waals surface area contributed by atoms with Gasteiger partial charge in [-0.05, 0) is 29.8 Å². The van der Waals surface area contributed by atoms with Crippen LogP contribution >= 0.6 is 11.6 Å². The Morgan fingerprint density at radius 2 is 1.62 bits per heavy atom. The minimum Gasteiger partial charge on any atom is -0.378 e. The molecule has 8 nitrogen and oxygen atoms in total. The van der Waals surface area contributed by atoms with Crippen LogP contribution in [0.4, 0.5) is 17.1 Å². The summed E-state index contributed by atoms with van der Waals surface area (Å²) in [5, 5.41) is 6.44. The van der Waals surface area contributed by atoms with Crippen molar-refractivity contribution < 1.29 is 19.1 Å². The van der Waals surface area contributed by atoms with E-state index in [1.54, 1.807) is 6.07 Å². The van der Waals surface area contributed by atoms with E-state index in [-0.39, 0.29) is 18.2 Å². The molecule has 0 aliphatic carbocycles. The number of nitrogens with zero attached hydrogens (tertiary/aromatic N) is 2. The molecule has 34 heavy (non-hydrogen) atoms. The zero-order valence-electron chi connectivity index (χ0n) is 19.4. The van der Waals surface area contributed by atoms with Crippen LogP contribution in [0, 0.1) is 0 Å². The first kappa shape index (κ1) is 24.3. The Hall–Kier alpha value is -2.81. The van der Waals surface area contributed by atoms with Crippen LogP contribution in [0.1, 0.15) is 24.9 Å². The predicted octanol–water partition coefficient (Wildman–Crippen LogP) is 3.22. The van der Waals surface area contributed by atoms with Gasteiger partial charge in [0.15, 0.2) is 0 Å². The molecule has 0 saturated carbocycles. The van der Waals surface area contributed by atoms with Gasteiger partial charge >= 0.3 is 0 Å². The third-order valence-electron chi connectivity index (χ3n) is 6.03. The number of morpholine rings is 2. The predicted molar refractivity (Wildman–Crippen MR) is 134 cm³/mol. The highest BCUT2D eigenvalue weighted by atomic mass is 35.5. The third-order valence-corrected chi connectivity index (χ3v) is 6.38.